The maximum Gasteiger partial charge on any atom is 0.0200 e. The van der Waals surface area contributed by atoms with Gasteiger partial charge in [0.2, 0.25) is 0 Å². The monoisotopic (exact) mass is 173 g/mol. The van der Waals surface area contributed by atoms with Gasteiger partial charge >= 0.3 is 0 Å². The van der Waals surface area contributed by atoms with Crippen molar-refractivity contribution in [2.45, 2.75) is 37.5 Å². The predicted molar refractivity (Wildman–Crippen MR) is 53.2 cm³/mol. The Morgan fingerprint density at radius 2 is 2.09 bits per heavy atom. The molecule has 2 heteroatoms. The van der Waals surface area contributed by atoms with E-state index in [1.165, 1.54) is 19.3 Å². The van der Waals surface area contributed by atoms with Gasteiger partial charge in [0.25, 0.3) is 0 Å². The van der Waals surface area contributed by atoms with E-state index >= 15 is 0 Å². The highest BCUT2D eigenvalue weighted by Crippen LogP contribution is 2.30. The fourth-order valence-electron chi connectivity index (χ4n) is 1.92. The molecule has 0 radical (unpaired) electrons. The van der Waals surface area contributed by atoms with Crippen LogP contribution in [0.4, 0.5) is 0 Å². The normalized spacial score (nSPS) is 39.0. The summed E-state index contributed by atoms with van der Waals surface area (Å²) in [4.78, 5) is 0. The summed E-state index contributed by atoms with van der Waals surface area (Å²) in [6, 6.07) is 0.765. The first-order valence-corrected chi connectivity index (χ1v) is 5.76. The second-order valence-electron chi connectivity index (χ2n) is 3.59. The van der Waals surface area contributed by atoms with E-state index in [-0.39, 0.29) is 0 Å². The summed E-state index contributed by atoms with van der Waals surface area (Å²) in [7, 11) is 2.09. The van der Waals surface area contributed by atoms with Crippen LogP contribution in [-0.2, 0) is 0 Å². The van der Waals surface area contributed by atoms with Gasteiger partial charge in [-0.05, 0) is 38.5 Å². The van der Waals surface area contributed by atoms with E-state index in [4.69, 9.17) is 0 Å². The van der Waals surface area contributed by atoms with E-state index < -0.39 is 0 Å². The summed E-state index contributed by atoms with van der Waals surface area (Å²) >= 11 is 2.02. The Hall–Kier alpha value is 0.310. The average molecular weight is 173 g/mol. The first-order chi connectivity index (χ1) is 5.27. The average Bonchev–Trinajstić information content (AvgIpc) is 2.04. The fraction of sp³-hybridized carbons (Fsp3) is 1.00. The smallest absolute Gasteiger partial charge is 0.0200 e. The van der Waals surface area contributed by atoms with Crippen molar-refractivity contribution in [3.05, 3.63) is 0 Å². The van der Waals surface area contributed by atoms with Gasteiger partial charge in [0.15, 0.2) is 0 Å². The SMILES string of the molecule is CNC1CCC(C)CC1SC. The minimum absolute atomic E-state index is 0.765. The van der Waals surface area contributed by atoms with Gasteiger partial charge in [0, 0.05) is 11.3 Å². The van der Waals surface area contributed by atoms with Crippen molar-refractivity contribution in [3.8, 4) is 0 Å². The summed E-state index contributed by atoms with van der Waals surface area (Å²) in [5.74, 6) is 0.942. The molecule has 1 N–H and O–H groups in total. The van der Waals surface area contributed by atoms with Crippen LogP contribution in [0.5, 0.6) is 0 Å². The number of nitrogens with one attached hydrogen (secondary N) is 1. The summed E-state index contributed by atoms with van der Waals surface area (Å²) in [6.07, 6.45) is 6.39. The van der Waals surface area contributed by atoms with E-state index in [9.17, 15) is 0 Å². The molecule has 0 aromatic rings. The van der Waals surface area contributed by atoms with Crippen LogP contribution >= 0.6 is 11.8 Å². The van der Waals surface area contributed by atoms with Crippen molar-refractivity contribution in [3.63, 3.8) is 0 Å². The Morgan fingerprint density at radius 1 is 1.36 bits per heavy atom. The zero-order valence-corrected chi connectivity index (χ0v) is 8.58. The number of thioether (sulfide) groups is 1. The van der Waals surface area contributed by atoms with E-state index in [0.29, 0.717) is 0 Å². The van der Waals surface area contributed by atoms with Crippen LogP contribution in [0, 0.1) is 5.92 Å². The van der Waals surface area contributed by atoms with E-state index in [1.807, 2.05) is 11.8 Å². The van der Waals surface area contributed by atoms with Crippen LogP contribution in [-0.4, -0.2) is 24.6 Å². The second kappa shape index (κ2) is 4.36. The molecule has 0 amide bonds. The Bertz CT molecular complexity index is 116. The van der Waals surface area contributed by atoms with Crippen molar-refractivity contribution in [2.75, 3.05) is 13.3 Å². The van der Waals surface area contributed by atoms with Crippen LogP contribution in [0.3, 0.4) is 0 Å². The molecule has 3 atom stereocenters. The molecule has 0 bridgehead atoms. The molecule has 1 saturated carbocycles. The van der Waals surface area contributed by atoms with Gasteiger partial charge in [0.1, 0.15) is 0 Å². The van der Waals surface area contributed by atoms with Gasteiger partial charge in [0.05, 0.1) is 0 Å². The lowest BCUT2D eigenvalue weighted by Gasteiger charge is -2.33. The topological polar surface area (TPSA) is 12.0 Å². The van der Waals surface area contributed by atoms with Crippen LogP contribution in [0.25, 0.3) is 0 Å². The van der Waals surface area contributed by atoms with Gasteiger partial charge in [-0.2, -0.15) is 11.8 Å². The van der Waals surface area contributed by atoms with Crippen LogP contribution in [0.15, 0.2) is 0 Å². The molecule has 1 fully saturated rings. The molecule has 0 aliphatic heterocycles. The third kappa shape index (κ3) is 2.38. The molecule has 66 valence electrons. The molecule has 0 aromatic heterocycles. The van der Waals surface area contributed by atoms with E-state index in [2.05, 4.69) is 25.5 Å². The standard InChI is InChI=1S/C9H19NS/c1-7-4-5-8(10-2)9(6-7)11-3/h7-10H,4-6H2,1-3H3. The third-order valence-electron chi connectivity index (χ3n) is 2.73. The Labute approximate surface area is 74.3 Å². The second-order valence-corrected chi connectivity index (χ2v) is 4.66. The van der Waals surface area contributed by atoms with E-state index in [1.54, 1.807) is 0 Å². The van der Waals surface area contributed by atoms with Crippen LogP contribution in [0.1, 0.15) is 26.2 Å². The molecule has 1 rings (SSSR count). The molecule has 3 unspecified atom stereocenters. The van der Waals surface area contributed by atoms with Crippen molar-refractivity contribution in [2.24, 2.45) is 5.92 Å². The Balaban J connectivity index is 2.41. The predicted octanol–water partition coefficient (Wildman–Crippen LogP) is 2.13. The number of hydrogen-bond donors (Lipinski definition) is 1. The molecule has 0 heterocycles. The highest BCUT2D eigenvalue weighted by molar-refractivity contribution is 7.99. The minimum atomic E-state index is 0.765. The fourth-order valence-corrected chi connectivity index (χ4v) is 3.04. The van der Waals surface area contributed by atoms with Crippen molar-refractivity contribution in [1.82, 2.24) is 5.32 Å². The Kier molecular flexibility index (Phi) is 3.73. The van der Waals surface area contributed by atoms with Crippen LogP contribution in [0.2, 0.25) is 0 Å². The van der Waals surface area contributed by atoms with Gasteiger partial charge in [-0.1, -0.05) is 6.92 Å². The number of rotatable bonds is 2. The third-order valence-corrected chi connectivity index (χ3v) is 3.85. The van der Waals surface area contributed by atoms with Gasteiger partial charge < -0.3 is 5.32 Å². The summed E-state index contributed by atoms with van der Waals surface area (Å²) in [5.41, 5.74) is 0. The van der Waals surface area contributed by atoms with Gasteiger partial charge in [-0.3, -0.25) is 0 Å². The maximum absolute atomic E-state index is 3.40. The van der Waals surface area contributed by atoms with Gasteiger partial charge in [-0.25, -0.2) is 0 Å². The highest BCUT2D eigenvalue weighted by atomic mass is 32.2. The lowest BCUT2D eigenvalue weighted by atomic mass is 9.87. The number of hydrogen-bond acceptors (Lipinski definition) is 2. The van der Waals surface area contributed by atoms with Crippen LogP contribution < -0.4 is 5.32 Å². The molecular formula is C9H19NS. The molecule has 1 aliphatic rings. The summed E-state index contributed by atoms with van der Waals surface area (Å²) < 4.78 is 0. The Morgan fingerprint density at radius 3 is 2.64 bits per heavy atom. The molecule has 11 heavy (non-hydrogen) atoms. The zero-order chi connectivity index (χ0) is 8.27. The lowest BCUT2D eigenvalue weighted by molar-refractivity contribution is 0.329. The van der Waals surface area contributed by atoms with Crippen molar-refractivity contribution >= 4 is 11.8 Å². The largest absolute Gasteiger partial charge is 0.316 e. The molecule has 0 spiro atoms. The van der Waals surface area contributed by atoms with Gasteiger partial charge in [-0.15, -0.1) is 0 Å². The zero-order valence-electron chi connectivity index (χ0n) is 7.76. The summed E-state index contributed by atoms with van der Waals surface area (Å²) in [6.45, 7) is 2.37. The highest BCUT2D eigenvalue weighted by Gasteiger charge is 2.26. The molecule has 1 nitrogen and oxygen atoms in total. The van der Waals surface area contributed by atoms with E-state index in [0.717, 1.165) is 17.2 Å². The minimum Gasteiger partial charge on any atom is -0.316 e. The molecule has 0 saturated heterocycles. The van der Waals surface area contributed by atoms with Crippen molar-refractivity contribution < 1.29 is 0 Å². The molecule has 0 aromatic carbocycles. The molecular weight excluding hydrogens is 154 g/mol. The lowest BCUT2D eigenvalue weighted by Crippen LogP contribution is -2.40. The molecule has 1 aliphatic carbocycles. The quantitative estimate of drug-likeness (QED) is 0.686. The van der Waals surface area contributed by atoms with Crippen molar-refractivity contribution in [1.29, 1.82) is 0 Å². The first-order valence-electron chi connectivity index (χ1n) is 4.48. The first kappa shape index (κ1) is 9.40. The summed E-state index contributed by atoms with van der Waals surface area (Å²) in [5, 5.41) is 4.26. The maximum atomic E-state index is 3.40.